The van der Waals surface area contributed by atoms with E-state index in [9.17, 15) is 18.3 Å². The summed E-state index contributed by atoms with van der Waals surface area (Å²) < 4.78 is 41.7. The van der Waals surface area contributed by atoms with E-state index in [-0.39, 0.29) is 18.6 Å². The Labute approximate surface area is 103 Å². The summed E-state index contributed by atoms with van der Waals surface area (Å²) in [6.07, 6.45) is -4.44. The first-order valence-corrected chi connectivity index (χ1v) is 5.61. The highest BCUT2D eigenvalue weighted by molar-refractivity contribution is 5.41. The molecule has 0 saturated heterocycles. The normalized spacial score (nSPS) is 13.4. The van der Waals surface area contributed by atoms with E-state index in [1.807, 2.05) is 0 Å². The molecule has 0 radical (unpaired) electrons. The van der Waals surface area contributed by atoms with Crippen LogP contribution >= 0.6 is 0 Å². The Hall–Kier alpha value is -1.43. The molecule has 1 aromatic carbocycles. The van der Waals surface area contributed by atoms with E-state index < -0.39 is 12.2 Å². The molecule has 3 N–H and O–H groups in total. The maximum atomic E-state index is 12.2. The third-order valence-corrected chi connectivity index (χ3v) is 2.49. The van der Waals surface area contributed by atoms with Crippen molar-refractivity contribution in [3.8, 4) is 11.5 Å². The number of hydrogen-bond acceptors (Lipinski definition) is 3. The zero-order valence-electron chi connectivity index (χ0n) is 10.00. The van der Waals surface area contributed by atoms with Gasteiger partial charge in [-0.3, -0.25) is 0 Å². The van der Waals surface area contributed by atoms with Crippen molar-refractivity contribution in [1.29, 1.82) is 0 Å². The lowest BCUT2D eigenvalue weighted by Gasteiger charge is -2.15. The Morgan fingerprint density at radius 1 is 1.39 bits per heavy atom. The summed E-state index contributed by atoms with van der Waals surface area (Å²) in [7, 11) is 0. The van der Waals surface area contributed by atoms with E-state index in [2.05, 4.69) is 0 Å². The Bertz CT molecular complexity index is 393. The van der Waals surface area contributed by atoms with Gasteiger partial charge in [0.25, 0.3) is 0 Å². The van der Waals surface area contributed by atoms with Crippen LogP contribution in [-0.4, -0.2) is 23.9 Å². The molecule has 0 heterocycles. The second kappa shape index (κ2) is 5.95. The van der Waals surface area contributed by atoms with Gasteiger partial charge in [-0.25, -0.2) is 0 Å². The Morgan fingerprint density at radius 2 is 2.06 bits per heavy atom. The first-order chi connectivity index (χ1) is 8.34. The molecule has 0 bridgehead atoms. The minimum absolute atomic E-state index is 0.0741. The van der Waals surface area contributed by atoms with Crippen LogP contribution in [0.3, 0.4) is 0 Å². The van der Waals surface area contributed by atoms with Crippen molar-refractivity contribution in [2.75, 3.05) is 6.61 Å². The zero-order valence-corrected chi connectivity index (χ0v) is 10.00. The summed E-state index contributed by atoms with van der Waals surface area (Å²) in [6, 6.07) is 2.71. The molecular formula is C12H16F3NO2. The van der Waals surface area contributed by atoms with Gasteiger partial charge >= 0.3 is 6.18 Å². The van der Waals surface area contributed by atoms with Crippen molar-refractivity contribution >= 4 is 0 Å². The summed E-state index contributed by atoms with van der Waals surface area (Å²) >= 11 is 0. The maximum Gasteiger partial charge on any atom is 0.403 e. The van der Waals surface area contributed by atoms with Gasteiger partial charge in [-0.2, -0.15) is 13.2 Å². The highest BCUT2D eigenvalue weighted by atomic mass is 19.4. The van der Waals surface area contributed by atoms with Gasteiger partial charge in [0.1, 0.15) is 6.04 Å². The third kappa shape index (κ3) is 4.10. The molecule has 18 heavy (non-hydrogen) atoms. The van der Waals surface area contributed by atoms with Crippen molar-refractivity contribution in [2.45, 2.75) is 32.0 Å². The molecule has 0 amide bonds. The van der Waals surface area contributed by atoms with Gasteiger partial charge in [0.15, 0.2) is 11.5 Å². The number of rotatable bonds is 5. The van der Waals surface area contributed by atoms with Gasteiger partial charge < -0.3 is 15.6 Å². The van der Waals surface area contributed by atoms with Gasteiger partial charge in [0.2, 0.25) is 0 Å². The average molecular weight is 263 g/mol. The average Bonchev–Trinajstić information content (AvgIpc) is 2.28. The summed E-state index contributed by atoms with van der Waals surface area (Å²) in [5, 5.41) is 9.57. The summed E-state index contributed by atoms with van der Waals surface area (Å²) in [4.78, 5) is 0. The van der Waals surface area contributed by atoms with Gasteiger partial charge in [0.05, 0.1) is 6.61 Å². The SMILES string of the molecule is CCOc1ccc(CCC(N)C(F)(F)F)cc1O. The van der Waals surface area contributed by atoms with E-state index in [0.29, 0.717) is 17.9 Å². The summed E-state index contributed by atoms with van der Waals surface area (Å²) in [5.74, 6) is 0.247. The minimum atomic E-state index is -4.38. The van der Waals surface area contributed by atoms with Crippen LogP contribution in [0.25, 0.3) is 0 Å². The highest BCUT2D eigenvalue weighted by Crippen LogP contribution is 2.28. The van der Waals surface area contributed by atoms with Crippen molar-refractivity contribution in [2.24, 2.45) is 5.73 Å². The van der Waals surface area contributed by atoms with Gasteiger partial charge in [-0.1, -0.05) is 6.07 Å². The fourth-order valence-electron chi connectivity index (χ4n) is 1.48. The molecule has 3 nitrogen and oxygen atoms in total. The Morgan fingerprint density at radius 3 is 2.56 bits per heavy atom. The quantitative estimate of drug-likeness (QED) is 0.858. The smallest absolute Gasteiger partial charge is 0.403 e. The summed E-state index contributed by atoms with van der Waals surface area (Å²) in [5.41, 5.74) is 5.60. The van der Waals surface area contributed by atoms with Crippen LogP contribution < -0.4 is 10.5 Å². The van der Waals surface area contributed by atoms with E-state index >= 15 is 0 Å². The van der Waals surface area contributed by atoms with Crippen LogP contribution in [0.15, 0.2) is 18.2 Å². The molecular weight excluding hydrogens is 247 g/mol. The highest BCUT2D eigenvalue weighted by Gasteiger charge is 2.35. The fourth-order valence-corrected chi connectivity index (χ4v) is 1.48. The Kier molecular flexibility index (Phi) is 4.84. The number of phenolic OH excluding ortho intramolecular Hbond substituents is 1. The van der Waals surface area contributed by atoms with Crippen LogP contribution in [0.4, 0.5) is 13.2 Å². The maximum absolute atomic E-state index is 12.2. The van der Waals surface area contributed by atoms with Crippen molar-refractivity contribution in [1.82, 2.24) is 0 Å². The lowest BCUT2D eigenvalue weighted by molar-refractivity contribution is -0.148. The van der Waals surface area contributed by atoms with Gasteiger partial charge in [0, 0.05) is 0 Å². The molecule has 0 fully saturated rings. The first-order valence-electron chi connectivity index (χ1n) is 5.61. The van der Waals surface area contributed by atoms with Crippen LogP contribution in [0.1, 0.15) is 18.9 Å². The Balaban J connectivity index is 2.61. The van der Waals surface area contributed by atoms with Crippen molar-refractivity contribution in [3.05, 3.63) is 23.8 Å². The molecule has 102 valence electrons. The molecule has 1 rings (SSSR count). The molecule has 0 aliphatic carbocycles. The monoisotopic (exact) mass is 263 g/mol. The zero-order chi connectivity index (χ0) is 13.8. The number of alkyl halides is 3. The second-order valence-electron chi connectivity index (χ2n) is 3.92. The number of halogens is 3. The molecule has 1 atom stereocenters. The molecule has 6 heteroatoms. The lowest BCUT2D eigenvalue weighted by atomic mass is 10.0. The molecule has 0 spiro atoms. The van der Waals surface area contributed by atoms with Crippen LogP contribution in [0.5, 0.6) is 11.5 Å². The number of ether oxygens (including phenoxy) is 1. The van der Waals surface area contributed by atoms with E-state index in [1.54, 1.807) is 13.0 Å². The molecule has 0 saturated carbocycles. The predicted molar refractivity (Wildman–Crippen MR) is 61.6 cm³/mol. The largest absolute Gasteiger partial charge is 0.504 e. The first kappa shape index (κ1) is 14.6. The van der Waals surface area contributed by atoms with Crippen LogP contribution in [0.2, 0.25) is 0 Å². The van der Waals surface area contributed by atoms with E-state index in [4.69, 9.17) is 10.5 Å². The van der Waals surface area contributed by atoms with Crippen LogP contribution in [0, 0.1) is 0 Å². The number of nitrogens with two attached hydrogens (primary N) is 1. The minimum Gasteiger partial charge on any atom is -0.504 e. The fraction of sp³-hybridized carbons (Fsp3) is 0.500. The summed E-state index contributed by atoms with van der Waals surface area (Å²) in [6.45, 7) is 2.18. The van der Waals surface area contributed by atoms with Crippen molar-refractivity contribution in [3.63, 3.8) is 0 Å². The second-order valence-corrected chi connectivity index (χ2v) is 3.92. The van der Waals surface area contributed by atoms with E-state index in [0.717, 1.165) is 0 Å². The predicted octanol–water partition coefficient (Wildman–Crippen LogP) is 2.61. The standard InChI is InChI=1S/C12H16F3NO2/c1-2-18-10-5-3-8(7-9(10)17)4-6-11(16)12(13,14)15/h3,5,7,11,17H,2,4,6,16H2,1H3. The number of hydrogen-bond donors (Lipinski definition) is 2. The number of benzene rings is 1. The van der Waals surface area contributed by atoms with Gasteiger partial charge in [-0.05, 0) is 37.5 Å². The molecule has 1 unspecified atom stereocenters. The van der Waals surface area contributed by atoms with E-state index in [1.165, 1.54) is 12.1 Å². The number of phenols is 1. The molecule has 0 aliphatic heterocycles. The van der Waals surface area contributed by atoms with Crippen LogP contribution in [-0.2, 0) is 6.42 Å². The number of aromatic hydroxyl groups is 1. The third-order valence-electron chi connectivity index (χ3n) is 2.49. The molecule has 0 aliphatic rings. The molecule has 0 aromatic heterocycles. The topological polar surface area (TPSA) is 55.5 Å². The number of aryl methyl sites for hydroxylation is 1. The lowest BCUT2D eigenvalue weighted by Crippen LogP contribution is -2.37. The van der Waals surface area contributed by atoms with Gasteiger partial charge in [-0.15, -0.1) is 0 Å². The van der Waals surface area contributed by atoms with Crippen molar-refractivity contribution < 1.29 is 23.0 Å². The molecule has 1 aromatic rings.